The van der Waals surface area contributed by atoms with Gasteiger partial charge in [-0.05, 0) is 38.5 Å². The summed E-state index contributed by atoms with van der Waals surface area (Å²) in [6.45, 7) is 5.53. The van der Waals surface area contributed by atoms with Crippen molar-refractivity contribution in [2.24, 2.45) is 5.73 Å². The number of ether oxygens (including phenoxy) is 1. The number of likely N-dealkylation sites (N-methyl/N-ethyl adjacent to an activating group) is 1. The van der Waals surface area contributed by atoms with Crippen LogP contribution in [0.1, 0.15) is 33.1 Å². The van der Waals surface area contributed by atoms with Gasteiger partial charge in [0.25, 0.3) is 0 Å². The topological polar surface area (TPSA) is 64.3 Å². The van der Waals surface area contributed by atoms with E-state index in [4.69, 9.17) is 10.5 Å². The van der Waals surface area contributed by atoms with Gasteiger partial charge in [-0.2, -0.15) is 11.8 Å². The van der Waals surface area contributed by atoms with Crippen molar-refractivity contribution in [2.45, 2.75) is 44.8 Å². The highest BCUT2D eigenvalue weighted by Crippen LogP contribution is 2.20. The van der Waals surface area contributed by atoms with E-state index in [1.807, 2.05) is 25.6 Å². The predicted molar refractivity (Wildman–Crippen MR) is 72.2 cm³/mol. The first-order valence-electron chi connectivity index (χ1n) is 6.33. The molecule has 1 saturated heterocycles. The highest BCUT2D eigenvalue weighted by atomic mass is 32.2. The van der Waals surface area contributed by atoms with Crippen LogP contribution in [0.15, 0.2) is 0 Å². The molecular formula is C12H24N2O2S. The number of thioether (sulfide) groups is 1. The van der Waals surface area contributed by atoms with Gasteiger partial charge in [0.1, 0.15) is 0 Å². The third-order valence-electron chi connectivity index (χ3n) is 3.18. The molecule has 0 bridgehead atoms. The molecule has 0 saturated carbocycles. The number of hydrogen-bond donors (Lipinski definition) is 2. The van der Waals surface area contributed by atoms with Gasteiger partial charge < -0.3 is 15.8 Å². The fourth-order valence-corrected chi connectivity index (χ4v) is 3.20. The van der Waals surface area contributed by atoms with E-state index in [1.54, 1.807) is 0 Å². The average molecular weight is 260 g/mol. The molecule has 0 aromatic rings. The number of primary amides is 1. The second-order valence-corrected chi connectivity index (χ2v) is 5.84. The summed E-state index contributed by atoms with van der Waals surface area (Å²) in [4.78, 5) is 11.4. The van der Waals surface area contributed by atoms with Crippen molar-refractivity contribution in [1.82, 2.24) is 5.32 Å². The molecule has 1 rings (SSSR count). The molecule has 100 valence electrons. The minimum absolute atomic E-state index is 0.267. The van der Waals surface area contributed by atoms with E-state index in [0.29, 0.717) is 6.10 Å². The Morgan fingerprint density at radius 2 is 2.41 bits per heavy atom. The molecule has 0 aliphatic carbocycles. The van der Waals surface area contributed by atoms with Crippen LogP contribution in [-0.2, 0) is 9.53 Å². The third kappa shape index (κ3) is 4.85. The van der Waals surface area contributed by atoms with Gasteiger partial charge in [0.2, 0.25) is 5.91 Å². The Morgan fingerprint density at radius 3 is 2.94 bits per heavy atom. The van der Waals surface area contributed by atoms with E-state index in [2.05, 4.69) is 5.32 Å². The molecule has 1 fully saturated rings. The Bertz CT molecular complexity index is 245. The lowest BCUT2D eigenvalue weighted by Gasteiger charge is -2.26. The number of carbonyl (C=O) groups excluding carboxylic acids is 1. The molecule has 4 nitrogen and oxygen atoms in total. The molecule has 3 N–H and O–H groups in total. The molecule has 0 aromatic carbocycles. The Balaban J connectivity index is 2.20. The van der Waals surface area contributed by atoms with Crippen LogP contribution in [0.3, 0.4) is 0 Å². The van der Waals surface area contributed by atoms with E-state index in [9.17, 15) is 4.79 Å². The second-order valence-electron chi connectivity index (χ2n) is 4.69. The van der Waals surface area contributed by atoms with Crippen LogP contribution in [-0.4, -0.2) is 42.2 Å². The maximum atomic E-state index is 11.4. The summed E-state index contributed by atoms with van der Waals surface area (Å²) >= 11 is 1.85. The predicted octanol–water partition coefficient (Wildman–Crippen LogP) is 1.14. The van der Waals surface area contributed by atoms with Gasteiger partial charge >= 0.3 is 0 Å². The van der Waals surface area contributed by atoms with E-state index in [0.717, 1.165) is 31.1 Å². The van der Waals surface area contributed by atoms with Crippen molar-refractivity contribution < 1.29 is 9.53 Å². The number of rotatable bonds is 8. The Morgan fingerprint density at radius 1 is 1.65 bits per heavy atom. The zero-order chi connectivity index (χ0) is 12.7. The average Bonchev–Trinajstić information content (AvgIpc) is 2.77. The SMILES string of the molecule is CCNC(C)(CCSCC1CCCO1)C(N)=O. The maximum absolute atomic E-state index is 11.4. The number of carbonyl (C=O) groups is 1. The quantitative estimate of drug-likeness (QED) is 0.642. The van der Waals surface area contributed by atoms with Gasteiger partial charge in [-0.25, -0.2) is 0 Å². The van der Waals surface area contributed by atoms with Gasteiger partial charge in [0.15, 0.2) is 0 Å². The summed E-state index contributed by atoms with van der Waals surface area (Å²) in [5, 5.41) is 3.17. The summed E-state index contributed by atoms with van der Waals surface area (Å²) < 4.78 is 5.55. The van der Waals surface area contributed by atoms with E-state index >= 15 is 0 Å². The zero-order valence-electron chi connectivity index (χ0n) is 10.8. The summed E-state index contributed by atoms with van der Waals surface area (Å²) in [7, 11) is 0. The van der Waals surface area contributed by atoms with Gasteiger partial charge in [-0.1, -0.05) is 6.92 Å². The Kier molecular flexibility index (Phi) is 6.30. The van der Waals surface area contributed by atoms with Crippen LogP contribution < -0.4 is 11.1 Å². The molecule has 0 aromatic heterocycles. The molecule has 2 unspecified atom stereocenters. The highest BCUT2D eigenvalue weighted by Gasteiger charge is 2.29. The molecule has 1 heterocycles. The molecule has 0 radical (unpaired) electrons. The zero-order valence-corrected chi connectivity index (χ0v) is 11.6. The Hall–Kier alpha value is -0.260. The van der Waals surface area contributed by atoms with Crippen LogP contribution in [0, 0.1) is 0 Å². The van der Waals surface area contributed by atoms with Crippen molar-refractivity contribution in [3.8, 4) is 0 Å². The molecular weight excluding hydrogens is 236 g/mol. The lowest BCUT2D eigenvalue weighted by molar-refractivity contribution is -0.123. The number of hydrogen-bond acceptors (Lipinski definition) is 4. The van der Waals surface area contributed by atoms with Crippen LogP contribution in [0.2, 0.25) is 0 Å². The van der Waals surface area contributed by atoms with Crippen molar-refractivity contribution >= 4 is 17.7 Å². The molecule has 1 aliphatic rings. The highest BCUT2D eigenvalue weighted by molar-refractivity contribution is 7.99. The smallest absolute Gasteiger partial charge is 0.237 e. The van der Waals surface area contributed by atoms with Crippen molar-refractivity contribution in [3.63, 3.8) is 0 Å². The standard InChI is InChI=1S/C12H24N2O2S/c1-3-14-12(2,11(13)15)6-8-17-9-10-5-4-7-16-10/h10,14H,3-9H2,1-2H3,(H2,13,15). The number of nitrogens with two attached hydrogens (primary N) is 1. The van der Waals surface area contributed by atoms with E-state index < -0.39 is 5.54 Å². The molecule has 5 heteroatoms. The lowest BCUT2D eigenvalue weighted by atomic mass is 9.98. The van der Waals surface area contributed by atoms with Gasteiger partial charge in [0, 0.05) is 12.4 Å². The van der Waals surface area contributed by atoms with Crippen LogP contribution in [0.5, 0.6) is 0 Å². The normalized spacial score (nSPS) is 23.5. The first kappa shape index (κ1) is 14.8. The molecule has 17 heavy (non-hydrogen) atoms. The minimum atomic E-state index is -0.571. The van der Waals surface area contributed by atoms with Gasteiger partial charge in [-0.3, -0.25) is 4.79 Å². The number of nitrogens with one attached hydrogen (secondary N) is 1. The first-order chi connectivity index (χ1) is 8.08. The summed E-state index contributed by atoms with van der Waals surface area (Å²) in [6.07, 6.45) is 3.54. The summed E-state index contributed by atoms with van der Waals surface area (Å²) in [5.41, 5.74) is 4.85. The number of amides is 1. The molecule has 1 aliphatic heterocycles. The Labute approximate surface area is 108 Å². The minimum Gasteiger partial charge on any atom is -0.377 e. The molecule has 2 atom stereocenters. The van der Waals surface area contributed by atoms with Crippen LogP contribution >= 0.6 is 11.8 Å². The second kappa shape index (κ2) is 7.24. The fourth-order valence-electron chi connectivity index (χ4n) is 1.96. The van der Waals surface area contributed by atoms with E-state index in [-0.39, 0.29) is 5.91 Å². The third-order valence-corrected chi connectivity index (χ3v) is 4.29. The largest absolute Gasteiger partial charge is 0.377 e. The van der Waals surface area contributed by atoms with Crippen molar-refractivity contribution in [3.05, 3.63) is 0 Å². The molecule has 1 amide bonds. The van der Waals surface area contributed by atoms with Crippen molar-refractivity contribution in [1.29, 1.82) is 0 Å². The first-order valence-corrected chi connectivity index (χ1v) is 7.48. The van der Waals surface area contributed by atoms with Gasteiger partial charge in [0.05, 0.1) is 11.6 Å². The molecule has 0 spiro atoms. The van der Waals surface area contributed by atoms with Crippen LogP contribution in [0.25, 0.3) is 0 Å². The summed E-state index contributed by atoms with van der Waals surface area (Å²) in [5.74, 6) is 1.70. The van der Waals surface area contributed by atoms with Gasteiger partial charge in [-0.15, -0.1) is 0 Å². The fraction of sp³-hybridized carbons (Fsp3) is 0.917. The summed E-state index contributed by atoms with van der Waals surface area (Å²) in [6, 6.07) is 0. The monoisotopic (exact) mass is 260 g/mol. The van der Waals surface area contributed by atoms with E-state index in [1.165, 1.54) is 12.8 Å². The maximum Gasteiger partial charge on any atom is 0.237 e. The van der Waals surface area contributed by atoms with Crippen molar-refractivity contribution in [2.75, 3.05) is 24.7 Å². The van der Waals surface area contributed by atoms with Crippen LogP contribution in [0.4, 0.5) is 0 Å². The lowest BCUT2D eigenvalue weighted by Crippen LogP contribution is -2.53.